The average Bonchev–Trinajstić information content (AvgIpc) is 3.47. The molecule has 140 valence electrons. The van der Waals surface area contributed by atoms with E-state index in [0.717, 1.165) is 68.7 Å². The van der Waals surface area contributed by atoms with Crippen LogP contribution >= 0.6 is 0 Å². The van der Waals surface area contributed by atoms with Crippen LogP contribution in [0, 0.1) is 0 Å². The van der Waals surface area contributed by atoms with Gasteiger partial charge in [0.15, 0.2) is 0 Å². The maximum Gasteiger partial charge on any atom is 0.268 e. The second-order valence-corrected chi connectivity index (χ2v) is 7.95. The average molecular weight is 366 g/mol. The molecule has 2 aromatic heterocycles. The van der Waals surface area contributed by atoms with Gasteiger partial charge in [-0.15, -0.1) is 0 Å². The summed E-state index contributed by atoms with van der Waals surface area (Å²) < 4.78 is 0. The number of piperidine rings is 1. The standard InChI is InChI=1S/C19H22N6O2/c20-16(26)13-9-21-10-14(22-13)25-7-5-19(6-8-25)4-3-12-15(19)23-17(11-1-2-11)24-18(12)27/h9-11H,1-8H2,(H2,20,26)(H,23,24,27). The van der Waals surface area contributed by atoms with E-state index in [-0.39, 0.29) is 16.7 Å². The molecule has 27 heavy (non-hydrogen) atoms. The Morgan fingerprint density at radius 1 is 1.19 bits per heavy atom. The minimum absolute atomic E-state index is 0.0154. The van der Waals surface area contributed by atoms with Crippen LogP contribution in [0.1, 0.15) is 65.6 Å². The van der Waals surface area contributed by atoms with Gasteiger partial charge in [-0.1, -0.05) is 0 Å². The molecule has 1 amide bonds. The Bertz CT molecular complexity index is 972. The van der Waals surface area contributed by atoms with Crippen LogP contribution in [0.2, 0.25) is 0 Å². The van der Waals surface area contributed by atoms with Gasteiger partial charge in [0.25, 0.3) is 11.5 Å². The van der Waals surface area contributed by atoms with Crippen LogP contribution in [0.3, 0.4) is 0 Å². The van der Waals surface area contributed by atoms with Crippen LogP contribution < -0.4 is 16.2 Å². The summed E-state index contributed by atoms with van der Waals surface area (Å²) in [5, 5.41) is 0. The van der Waals surface area contributed by atoms with E-state index in [2.05, 4.69) is 19.9 Å². The van der Waals surface area contributed by atoms with Gasteiger partial charge in [-0.05, 0) is 38.5 Å². The number of aromatic amines is 1. The van der Waals surface area contributed by atoms with E-state index in [4.69, 9.17) is 10.7 Å². The van der Waals surface area contributed by atoms with Crippen molar-refractivity contribution in [2.24, 2.45) is 5.73 Å². The van der Waals surface area contributed by atoms with E-state index in [1.807, 2.05) is 0 Å². The first-order valence-corrected chi connectivity index (χ1v) is 9.56. The number of fused-ring (bicyclic) bond motifs is 2. The molecule has 0 aromatic carbocycles. The summed E-state index contributed by atoms with van der Waals surface area (Å²) in [6.07, 6.45) is 8.93. The van der Waals surface area contributed by atoms with Crippen LogP contribution in [-0.4, -0.2) is 38.9 Å². The van der Waals surface area contributed by atoms with Gasteiger partial charge in [0.2, 0.25) is 0 Å². The lowest BCUT2D eigenvalue weighted by molar-refractivity contribution is 0.0995. The van der Waals surface area contributed by atoms with Crippen molar-refractivity contribution in [3.63, 3.8) is 0 Å². The van der Waals surface area contributed by atoms with Gasteiger partial charge in [0, 0.05) is 30.0 Å². The molecule has 0 bridgehead atoms. The molecule has 5 rings (SSSR count). The minimum Gasteiger partial charge on any atom is -0.364 e. The summed E-state index contributed by atoms with van der Waals surface area (Å²) in [5.74, 6) is 1.42. The summed E-state index contributed by atoms with van der Waals surface area (Å²) in [6, 6.07) is 0. The number of amides is 1. The highest BCUT2D eigenvalue weighted by molar-refractivity contribution is 5.90. The van der Waals surface area contributed by atoms with Gasteiger partial charge >= 0.3 is 0 Å². The molecule has 1 spiro atoms. The van der Waals surface area contributed by atoms with Crippen molar-refractivity contribution < 1.29 is 4.79 Å². The summed E-state index contributed by atoms with van der Waals surface area (Å²) in [5.41, 5.74) is 7.45. The minimum atomic E-state index is -0.571. The van der Waals surface area contributed by atoms with E-state index in [1.165, 1.54) is 6.20 Å². The van der Waals surface area contributed by atoms with Crippen LogP contribution in [0.15, 0.2) is 17.2 Å². The number of rotatable bonds is 3. The maximum atomic E-state index is 12.5. The predicted molar refractivity (Wildman–Crippen MR) is 98.8 cm³/mol. The molecule has 1 saturated carbocycles. The predicted octanol–water partition coefficient (Wildman–Crippen LogP) is 1.02. The zero-order valence-corrected chi connectivity index (χ0v) is 15.1. The fourth-order valence-electron chi connectivity index (χ4n) is 4.50. The van der Waals surface area contributed by atoms with Crippen molar-refractivity contribution in [1.82, 2.24) is 19.9 Å². The molecule has 2 aliphatic carbocycles. The van der Waals surface area contributed by atoms with Crippen molar-refractivity contribution in [2.45, 2.75) is 49.9 Å². The molecule has 0 unspecified atom stereocenters. The zero-order valence-electron chi connectivity index (χ0n) is 15.1. The third kappa shape index (κ3) is 2.70. The number of anilines is 1. The zero-order chi connectivity index (χ0) is 18.6. The van der Waals surface area contributed by atoms with Crippen molar-refractivity contribution in [2.75, 3.05) is 18.0 Å². The molecular formula is C19H22N6O2. The molecule has 0 atom stereocenters. The van der Waals surface area contributed by atoms with Gasteiger partial charge < -0.3 is 15.6 Å². The molecule has 1 aliphatic heterocycles. The molecule has 8 heteroatoms. The molecule has 2 fully saturated rings. The Morgan fingerprint density at radius 2 is 1.96 bits per heavy atom. The molecule has 3 heterocycles. The van der Waals surface area contributed by atoms with Crippen LogP contribution in [0.5, 0.6) is 0 Å². The summed E-state index contributed by atoms with van der Waals surface area (Å²) in [6.45, 7) is 1.59. The summed E-state index contributed by atoms with van der Waals surface area (Å²) >= 11 is 0. The van der Waals surface area contributed by atoms with Gasteiger partial charge in [0.05, 0.1) is 18.1 Å². The van der Waals surface area contributed by atoms with E-state index in [0.29, 0.717) is 11.7 Å². The normalized spacial score (nSPS) is 20.7. The van der Waals surface area contributed by atoms with Crippen LogP contribution in [0.25, 0.3) is 0 Å². The van der Waals surface area contributed by atoms with E-state index in [9.17, 15) is 9.59 Å². The number of aromatic nitrogens is 4. The number of primary amides is 1. The van der Waals surface area contributed by atoms with Crippen molar-refractivity contribution in [3.05, 3.63) is 45.5 Å². The van der Waals surface area contributed by atoms with E-state index >= 15 is 0 Å². The lowest BCUT2D eigenvalue weighted by atomic mass is 9.76. The molecule has 0 radical (unpaired) electrons. The summed E-state index contributed by atoms with van der Waals surface area (Å²) in [4.78, 5) is 42.4. The number of H-pyrrole nitrogens is 1. The third-order valence-corrected chi connectivity index (χ3v) is 6.27. The number of nitrogens with one attached hydrogen (secondary N) is 1. The molecule has 3 aliphatic rings. The molecule has 1 saturated heterocycles. The topological polar surface area (TPSA) is 118 Å². The quantitative estimate of drug-likeness (QED) is 0.837. The van der Waals surface area contributed by atoms with Crippen molar-refractivity contribution in [3.8, 4) is 0 Å². The number of hydrogen-bond donors (Lipinski definition) is 2. The number of hydrogen-bond acceptors (Lipinski definition) is 6. The Hall–Kier alpha value is -2.77. The van der Waals surface area contributed by atoms with Crippen LogP contribution in [-0.2, 0) is 11.8 Å². The third-order valence-electron chi connectivity index (χ3n) is 6.27. The van der Waals surface area contributed by atoms with Gasteiger partial charge in [-0.25, -0.2) is 9.97 Å². The fourth-order valence-corrected chi connectivity index (χ4v) is 4.50. The largest absolute Gasteiger partial charge is 0.364 e. The van der Waals surface area contributed by atoms with Gasteiger partial charge in [0.1, 0.15) is 17.3 Å². The maximum absolute atomic E-state index is 12.5. The number of nitrogens with two attached hydrogens (primary N) is 1. The molecule has 2 aromatic rings. The van der Waals surface area contributed by atoms with E-state index < -0.39 is 5.91 Å². The second kappa shape index (κ2) is 5.87. The second-order valence-electron chi connectivity index (χ2n) is 7.95. The molecule has 8 nitrogen and oxygen atoms in total. The van der Waals surface area contributed by atoms with Gasteiger partial charge in [-0.2, -0.15) is 0 Å². The molecular weight excluding hydrogens is 344 g/mol. The number of nitrogens with zero attached hydrogens (tertiary/aromatic N) is 4. The Morgan fingerprint density at radius 3 is 2.67 bits per heavy atom. The SMILES string of the molecule is NC(=O)c1cncc(N2CCC3(CCc4c3nc(C3CC3)[nH]c4=O)CC2)n1. The summed E-state index contributed by atoms with van der Waals surface area (Å²) in [7, 11) is 0. The number of carbonyl (C=O) groups is 1. The Kier molecular flexibility index (Phi) is 3.57. The fraction of sp³-hybridized carbons (Fsp3) is 0.526. The highest BCUT2D eigenvalue weighted by Gasteiger charge is 2.44. The first-order chi connectivity index (χ1) is 13.1. The molecule has 3 N–H and O–H groups in total. The van der Waals surface area contributed by atoms with Crippen LogP contribution in [0.4, 0.5) is 5.82 Å². The lowest BCUT2D eigenvalue weighted by Gasteiger charge is -2.39. The van der Waals surface area contributed by atoms with Crippen molar-refractivity contribution in [1.29, 1.82) is 0 Å². The van der Waals surface area contributed by atoms with Crippen molar-refractivity contribution >= 4 is 11.7 Å². The highest BCUT2D eigenvalue weighted by Crippen LogP contribution is 2.46. The highest BCUT2D eigenvalue weighted by atomic mass is 16.1. The first kappa shape index (κ1) is 16.4. The Labute approximate surface area is 156 Å². The smallest absolute Gasteiger partial charge is 0.268 e. The first-order valence-electron chi connectivity index (χ1n) is 9.56. The monoisotopic (exact) mass is 366 g/mol. The lowest BCUT2D eigenvalue weighted by Crippen LogP contribution is -2.43. The van der Waals surface area contributed by atoms with E-state index in [1.54, 1.807) is 6.20 Å². The Balaban J connectivity index is 1.41. The van der Waals surface area contributed by atoms with Gasteiger partial charge in [-0.3, -0.25) is 14.6 Å². The number of carbonyl (C=O) groups excluding carboxylic acids is 1.